The summed E-state index contributed by atoms with van der Waals surface area (Å²) in [5.41, 5.74) is 1.32. The summed E-state index contributed by atoms with van der Waals surface area (Å²) in [5, 5.41) is 15.4. The summed E-state index contributed by atoms with van der Waals surface area (Å²) in [6, 6.07) is 10.2. The molecule has 0 bridgehead atoms. The van der Waals surface area contributed by atoms with Crippen LogP contribution in [0.25, 0.3) is 0 Å². The van der Waals surface area contributed by atoms with Crippen LogP contribution in [-0.2, 0) is 4.79 Å². The lowest BCUT2D eigenvalue weighted by Crippen LogP contribution is -2.39. The van der Waals surface area contributed by atoms with E-state index >= 15 is 0 Å². The molecule has 2 aromatic rings. The van der Waals surface area contributed by atoms with Gasteiger partial charge in [-0.1, -0.05) is 17.7 Å². The number of hydrogen-bond acceptors (Lipinski definition) is 4. The third-order valence-corrected chi connectivity index (χ3v) is 5.07. The van der Waals surface area contributed by atoms with Gasteiger partial charge in [-0.25, -0.2) is 8.78 Å². The SMILES string of the molecule is CN1CC[C@@H](NCC(=O)Nc2cc(Cl)ccc2C#N)[C@H]1c1ccc(F)c(F)c1. The third-order valence-electron chi connectivity index (χ3n) is 4.83. The topological polar surface area (TPSA) is 68.2 Å². The molecule has 0 unspecified atom stereocenters. The first kappa shape index (κ1) is 20.2. The number of benzene rings is 2. The normalized spacial score (nSPS) is 19.4. The van der Waals surface area contributed by atoms with Crippen molar-refractivity contribution in [2.75, 3.05) is 25.5 Å². The number of rotatable bonds is 5. The van der Waals surface area contributed by atoms with E-state index in [0.29, 0.717) is 21.8 Å². The Labute approximate surface area is 166 Å². The van der Waals surface area contributed by atoms with Crippen LogP contribution in [0.4, 0.5) is 14.5 Å². The van der Waals surface area contributed by atoms with E-state index < -0.39 is 11.6 Å². The van der Waals surface area contributed by atoms with Gasteiger partial charge in [-0.05, 0) is 49.4 Å². The highest BCUT2D eigenvalue weighted by atomic mass is 35.5. The third kappa shape index (κ3) is 4.47. The van der Waals surface area contributed by atoms with E-state index in [9.17, 15) is 13.6 Å². The summed E-state index contributed by atoms with van der Waals surface area (Å²) >= 11 is 5.93. The average Bonchev–Trinajstić information content (AvgIpc) is 3.03. The maximum atomic E-state index is 13.6. The van der Waals surface area contributed by atoms with E-state index in [-0.39, 0.29) is 24.5 Å². The molecule has 0 spiro atoms. The van der Waals surface area contributed by atoms with Crippen LogP contribution >= 0.6 is 11.6 Å². The predicted molar refractivity (Wildman–Crippen MR) is 103 cm³/mol. The molecular formula is C20H19ClF2N4O. The largest absolute Gasteiger partial charge is 0.324 e. The molecule has 28 heavy (non-hydrogen) atoms. The molecule has 146 valence electrons. The molecule has 1 aliphatic rings. The van der Waals surface area contributed by atoms with E-state index in [1.807, 2.05) is 18.0 Å². The number of carbonyl (C=O) groups excluding carboxylic acids is 1. The zero-order valence-electron chi connectivity index (χ0n) is 15.2. The van der Waals surface area contributed by atoms with Gasteiger partial charge in [-0.2, -0.15) is 5.26 Å². The highest BCUT2D eigenvalue weighted by Gasteiger charge is 2.33. The van der Waals surface area contributed by atoms with Gasteiger partial charge in [0.05, 0.1) is 17.8 Å². The van der Waals surface area contributed by atoms with Crippen LogP contribution < -0.4 is 10.6 Å². The molecule has 5 nitrogen and oxygen atoms in total. The minimum Gasteiger partial charge on any atom is -0.324 e. The number of anilines is 1. The molecule has 1 aliphatic heterocycles. The summed E-state index contributed by atoms with van der Waals surface area (Å²) in [5.74, 6) is -2.10. The Bertz CT molecular complexity index is 931. The first-order valence-electron chi connectivity index (χ1n) is 8.77. The van der Waals surface area contributed by atoms with Crippen LogP contribution in [-0.4, -0.2) is 37.0 Å². The fraction of sp³-hybridized carbons (Fsp3) is 0.300. The van der Waals surface area contributed by atoms with Crippen molar-refractivity contribution in [3.05, 3.63) is 64.2 Å². The summed E-state index contributed by atoms with van der Waals surface area (Å²) in [4.78, 5) is 14.4. The van der Waals surface area contributed by atoms with Gasteiger partial charge in [0.1, 0.15) is 6.07 Å². The summed E-state index contributed by atoms with van der Waals surface area (Å²) < 4.78 is 26.9. The number of nitriles is 1. The maximum absolute atomic E-state index is 13.6. The molecule has 1 amide bonds. The van der Waals surface area contributed by atoms with Crippen molar-refractivity contribution < 1.29 is 13.6 Å². The van der Waals surface area contributed by atoms with E-state index in [0.717, 1.165) is 19.0 Å². The molecule has 2 aromatic carbocycles. The van der Waals surface area contributed by atoms with Crippen molar-refractivity contribution in [3.63, 3.8) is 0 Å². The quantitative estimate of drug-likeness (QED) is 0.800. The van der Waals surface area contributed by atoms with Crippen molar-refractivity contribution in [3.8, 4) is 6.07 Å². The molecule has 3 rings (SSSR count). The molecule has 2 N–H and O–H groups in total. The van der Waals surface area contributed by atoms with Crippen molar-refractivity contribution in [2.24, 2.45) is 0 Å². The predicted octanol–water partition coefficient (Wildman–Crippen LogP) is 3.46. The second kappa shape index (κ2) is 8.65. The van der Waals surface area contributed by atoms with E-state index in [4.69, 9.17) is 16.9 Å². The Morgan fingerprint density at radius 3 is 2.79 bits per heavy atom. The zero-order valence-corrected chi connectivity index (χ0v) is 15.9. The van der Waals surface area contributed by atoms with Crippen molar-refractivity contribution in [2.45, 2.75) is 18.5 Å². The van der Waals surface area contributed by atoms with Gasteiger partial charge in [-0.15, -0.1) is 0 Å². The Kier molecular flexibility index (Phi) is 6.25. The number of hydrogen-bond donors (Lipinski definition) is 2. The Hall–Kier alpha value is -2.53. The smallest absolute Gasteiger partial charge is 0.238 e. The monoisotopic (exact) mass is 404 g/mol. The van der Waals surface area contributed by atoms with Crippen LogP contribution in [0.15, 0.2) is 36.4 Å². The van der Waals surface area contributed by atoms with E-state index in [1.165, 1.54) is 18.2 Å². The molecule has 1 heterocycles. The van der Waals surface area contributed by atoms with Gasteiger partial charge in [0.15, 0.2) is 11.6 Å². The van der Waals surface area contributed by atoms with Crippen LogP contribution in [0, 0.1) is 23.0 Å². The first-order chi connectivity index (χ1) is 13.4. The molecule has 8 heteroatoms. The number of nitrogens with zero attached hydrogens (tertiary/aromatic N) is 2. The van der Waals surface area contributed by atoms with Gasteiger partial charge in [-0.3, -0.25) is 9.69 Å². The first-order valence-corrected chi connectivity index (χ1v) is 9.15. The van der Waals surface area contributed by atoms with Crippen molar-refractivity contribution in [1.29, 1.82) is 5.26 Å². The Balaban J connectivity index is 1.66. The molecule has 2 atom stereocenters. The second-order valence-electron chi connectivity index (χ2n) is 6.72. The van der Waals surface area contributed by atoms with Crippen LogP contribution in [0.5, 0.6) is 0 Å². The highest BCUT2D eigenvalue weighted by molar-refractivity contribution is 6.31. The summed E-state index contributed by atoms with van der Waals surface area (Å²) in [6.07, 6.45) is 0.758. The number of amides is 1. The molecule has 0 aromatic heterocycles. The maximum Gasteiger partial charge on any atom is 0.238 e. The molecule has 0 radical (unpaired) electrons. The average molecular weight is 405 g/mol. The lowest BCUT2D eigenvalue weighted by atomic mass is 10.00. The highest BCUT2D eigenvalue weighted by Crippen LogP contribution is 2.31. The molecule has 1 fully saturated rings. The van der Waals surface area contributed by atoms with Crippen LogP contribution in [0.2, 0.25) is 5.02 Å². The number of likely N-dealkylation sites (tertiary alicyclic amines) is 1. The minimum absolute atomic E-state index is 0.00999. The van der Waals surface area contributed by atoms with Crippen molar-refractivity contribution in [1.82, 2.24) is 10.2 Å². The van der Waals surface area contributed by atoms with Gasteiger partial charge in [0.25, 0.3) is 0 Å². The van der Waals surface area contributed by atoms with Gasteiger partial charge in [0, 0.05) is 23.7 Å². The van der Waals surface area contributed by atoms with Crippen LogP contribution in [0.1, 0.15) is 23.6 Å². The Morgan fingerprint density at radius 2 is 2.07 bits per heavy atom. The van der Waals surface area contributed by atoms with Gasteiger partial charge in [0.2, 0.25) is 5.91 Å². The number of carbonyl (C=O) groups is 1. The lowest BCUT2D eigenvalue weighted by Gasteiger charge is -2.26. The fourth-order valence-electron chi connectivity index (χ4n) is 3.48. The molecule has 0 aliphatic carbocycles. The summed E-state index contributed by atoms with van der Waals surface area (Å²) in [7, 11) is 1.90. The number of halogens is 3. The van der Waals surface area contributed by atoms with Gasteiger partial charge >= 0.3 is 0 Å². The summed E-state index contributed by atoms with van der Waals surface area (Å²) in [6.45, 7) is 0.770. The Morgan fingerprint density at radius 1 is 1.29 bits per heavy atom. The van der Waals surface area contributed by atoms with Gasteiger partial charge < -0.3 is 10.6 Å². The second-order valence-corrected chi connectivity index (χ2v) is 7.16. The van der Waals surface area contributed by atoms with E-state index in [2.05, 4.69) is 10.6 Å². The van der Waals surface area contributed by atoms with Crippen LogP contribution in [0.3, 0.4) is 0 Å². The van der Waals surface area contributed by atoms with Crippen molar-refractivity contribution >= 4 is 23.2 Å². The molecule has 1 saturated heterocycles. The lowest BCUT2D eigenvalue weighted by molar-refractivity contribution is -0.115. The standard InChI is InChI=1S/C20H19ClF2N4O/c1-27-7-6-17(20(27)12-3-5-15(22)16(23)8-12)25-11-19(28)26-18-9-14(21)4-2-13(18)10-24/h2-5,8-9,17,20,25H,6-7,11H2,1H3,(H,26,28)/t17-,20-/m1/s1. The fourth-order valence-corrected chi connectivity index (χ4v) is 3.65. The molecule has 0 saturated carbocycles. The minimum atomic E-state index is -0.890. The van der Waals surface area contributed by atoms with E-state index in [1.54, 1.807) is 12.1 Å². The number of nitrogens with one attached hydrogen (secondary N) is 2. The zero-order chi connectivity index (χ0) is 20.3. The number of likely N-dealkylation sites (N-methyl/N-ethyl adjacent to an activating group) is 1. The molecular weight excluding hydrogens is 386 g/mol.